The highest BCUT2D eigenvalue weighted by Gasteiger charge is 2.21. The Balaban J connectivity index is 3.87. The van der Waals surface area contributed by atoms with E-state index in [0.29, 0.717) is 0 Å². The molecular formula is C9H19NO2. The molecule has 0 radical (unpaired) electrons. The van der Waals surface area contributed by atoms with Gasteiger partial charge >= 0.3 is 5.97 Å². The van der Waals surface area contributed by atoms with Gasteiger partial charge in [0.2, 0.25) is 0 Å². The first-order valence-corrected chi connectivity index (χ1v) is 4.23. The van der Waals surface area contributed by atoms with Gasteiger partial charge in [-0.1, -0.05) is 27.7 Å². The molecule has 0 saturated heterocycles. The predicted octanol–water partition coefficient (Wildman–Crippen LogP) is 1.52. The summed E-state index contributed by atoms with van der Waals surface area (Å²) in [6, 6.07) is 0. The molecule has 0 aliphatic carbocycles. The minimum Gasteiger partial charge on any atom is -0.450 e. The summed E-state index contributed by atoms with van der Waals surface area (Å²) in [6.45, 7) is 8.13. The highest BCUT2D eigenvalue weighted by molar-refractivity contribution is 5.71. The summed E-state index contributed by atoms with van der Waals surface area (Å²) in [7, 11) is 0. The van der Waals surface area contributed by atoms with Crippen LogP contribution in [0.3, 0.4) is 0 Å². The average molecular weight is 173 g/mol. The Morgan fingerprint density at radius 1 is 1.50 bits per heavy atom. The lowest BCUT2D eigenvalue weighted by molar-refractivity contribution is -0.148. The molecule has 0 aromatic carbocycles. The molecule has 0 bridgehead atoms. The van der Waals surface area contributed by atoms with Gasteiger partial charge in [0.15, 0.2) is 0 Å². The molecule has 3 nitrogen and oxygen atoms in total. The third-order valence-electron chi connectivity index (χ3n) is 1.55. The van der Waals surface area contributed by atoms with Crippen LogP contribution in [0, 0.1) is 11.3 Å². The van der Waals surface area contributed by atoms with E-state index in [4.69, 9.17) is 5.73 Å². The van der Waals surface area contributed by atoms with Crippen LogP contribution in [0.4, 0.5) is 0 Å². The van der Waals surface area contributed by atoms with E-state index >= 15 is 0 Å². The van der Waals surface area contributed by atoms with Crippen LogP contribution in [0.15, 0.2) is 0 Å². The molecule has 72 valence electrons. The molecule has 0 rings (SSSR count). The lowest BCUT2D eigenvalue weighted by atomic mass is 9.85. The molecule has 3 heteroatoms. The molecule has 0 aromatic heterocycles. The van der Waals surface area contributed by atoms with E-state index in [1.807, 2.05) is 6.92 Å². The van der Waals surface area contributed by atoms with Crippen LogP contribution in [-0.2, 0) is 9.53 Å². The van der Waals surface area contributed by atoms with Crippen LogP contribution >= 0.6 is 0 Å². The largest absolute Gasteiger partial charge is 0.450 e. The first kappa shape index (κ1) is 11.4. The van der Waals surface area contributed by atoms with Crippen molar-refractivity contribution < 1.29 is 9.53 Å². The SMILES string of the molecule is CC(CC(C)(C)C)C(=O)OCN. The number of esters is 1. The maximum Gasteiger partial charge on any atom is 0.309 e. The van der Waals surface area contributed by atoms with Gasteiger partial charge in [-0.25, -0.2) is 0 Å². The van der Waals surface area contributed by atoms with Crippen LogP contribution < -0.4 is 5.73 Å². The van der Waals surface area contributed by atoms with Crippen molar-refractivity contribution in [3.05, 3.63) is 0 Å². The van der Waals surface area contributed by atoms with E-state index in [0.717, 1.165) is 6.42 Å². The lowest BCUT2D eigenvalue weighted by Crippen LogP contribution is -2.23. The summed E-state index contributed by atoms with van der Waals surface area (Å²) >= 11 is 0. The summed E-state index contributed by atoms with van der Waals surface area (Å²) in [4.78, 5) is 11.1. The standard InChI is InChI=1S/C9H19NO2/c1-7(5-9(2,3)4)8(11)12-6-10/h7H,5-6,10H2,1-4H3. The summed E-state index contributed by atoms with van der Waals surface area (Å²) in [6.07, 6.45) is 0.825. The summed E-state index contributed by atoms with van der Waals surface area (Å²) in [5, 5.41) is 0. The van der Waals surface area contributed by atoms with Crippen molar-refractivity contribution in [2.24, 2.45) is 17.1 Å². The number of rotatable bonds is 3. The summed E-state index contributed by atoms with van der Waals surface area (Å²) in [5.74, 6) is -0.263. The Bertz CT molecular complexity index is 149. The number of carbonyl (C=O) groups excluding carboxylic acids is 1. The van der Waals surface area contributed by atoms with Crippen molar-refractivity contribution in [2.45, 2.75) is 34.1 Å². The van der Waals surface area contributed by atoms with Gasteiger partial charge in [0.25, 0.3) is 0 Å². The van der Waals surface area contributed by atoms with Crippen molar-refractivity contribution in [1.29, 1.82) is 0 Å². The second-order valence-corrected chi connectivity index (χ2v) is 4.30. The van der Waals surface area contributed by atoms with E-state index in [2.05, 4.69) is 25.5 Å². The maximum atomic E-state index is 11.1. The zero-order valence-corrected chi connectivity index (χ0v) is 8.39. The summed E-state index contributed by atoms with van der Waals surface area (Å²) in [5.41, 5.74) is 5.25. The molecular weight excluding hydrogens is 154 g/mol. The maximum absolute atomic E-state index is 11.1. The molecule has 0 saturated carbocycles. The van der Waals surface area contributed by atoms with Crippen LogP contribution in [-0.4, -0.2) is 12.7 Å². The van der Waals surface area contributed by atoms with Crippen molar-refractivity contribution in [3.8, 4) is 0 Å². The predicted molar refractivity (Wildman–Crippen MR) is 48.4 cm³/mol. The van der Waals surface area contributed by atoms with E-state index in [9.17, 15) is 4.79 Å². The van der Waals surface area contributed by atoms with E-state index in [1.165, 1.54) is 0 Å². The first-order chi connectivity index (χ1) is 5.37. The Kier molecular flexibility index (Phi) is 4.24. The molecule has 0 amide bonds. The first-order valence-electron chi connectivity index (χ1n) is 4.23. The minimum absolute atomic E-state index is 0.0205. The Morgan fingerprint density at radius 3 is 2.33 bits per heavy atom. The van der Waals surface area contributed by atoms with Gasteiger partial charge in [-0.3, -0.25) is 10.5 Å². The molecule has 1 atom stereocenters. The van der Waals surface area contributed by atoms with Crippen molar-refractivity contribution in [2.75, 3.05) is 6.73 Å². The number of nitrogens with two attached hydrogens (primary N) is 1. The normalized spacial score (nSPS) is 14.1. The van der Waals surface area contributed by atoms with Crippen molar-refractivity contribution >= 4 is 5.97 Å². The third-order valence-corrected chi connectivity index (χ3v) is 1.55. The Morgan fingerprint density at radius 2 is 2.00 bits per heavy atom. The highest BCUT2D eigenvalue weighted by atomic mass is 16.5. The van der Waals surface area contributed by atoms with Crippen LogP contribution in [0.25, 0.3) is 0 Å². The molecule has 12 heavy (non-hydrogen) atoms. The minimum atomic E-state index is -0.201. The molecule has 0 heterocycles. The van der Waals surface area contributed by atoms with Crippen molar-refractivity contribution in [3.63, 3.8) is 0 Å². The molecule has 0 spiro atoms. The molecule has 1 unspecified atom stereocenters. The molecule has 2 N–H and O–H groups in total. The second-order valence-electron chi connectivity index (χ2n) is 4.30. The zero-order chi connectivity index (χ0) is 9.78. The topological polar surface area (TPSA) is 52.3 Å². The number of ether oxygens (including phenoxy) is 1. The van der Waals surface area contributed by atoms with Gasteiger partial charge in [0.1, 0.15) is 6.73 Å². The fourth-order valence-corrected chi connectivity index (χ4v) is 1.23. The third kappa shape index (κ3) is 5.13. The van der Waals surface area contributed by atoms with Crippen LogP contribution in [0.1, 0.15) is 34.1 Å². The van der Waals surface area contributed by atoms with E-state index in [-0.39, 0.29) is 24.0 Å². The fourth-order valence-electron chi connectivity index (χ4n) is 1.23. The lowest BCUT2D eigenvalue weighted by Gasteiger charge is -2.21. The van der Waals surface area contributed by atoms with Gasteiger partial charge in [-0.2, -0.15) is 0 Å². The smallest absolute Gasteiger partial charge is 0.309 e. The monoisotopic (exact) mass is 173 g/mol. The van der Waals surface area contributed by atoms with Crippen molar-refractivity contribution in [1.82, 2.24) is 0 Å². The number of hydrogen-bond acceptors (Lipinski definition) is 3. The van der Waals surface area contributed by atoms with Crippen LogP contribution in [0.5, 0.6) is 0 Å². The molecule has 0 aliphatic heterocycles. The van der Waals surface area contributed by atoms with E-state index < -0.39 is 0 Å². The number of hydrogen-bond donors (Lipinski definition) is 1. The van der Waals surface area contributed by atoms with E-state index in [1.54, 1.807) is 0 Å². The zero-order valence-electron chi connectivity index (χ0n) is 8.39. The number of carbonyl (C=O) groups is 1. The molecule has 0 aromatic rings. The highest BCUT2D eigenvalue weighted by Crippen LogP contribution is 2.24. The Labute approximate surface area is 74.3 Å². The van der Waals surface area contributed by atoms with Gasteiger partial charge < -0.3 is 4.74 Å². The summed E-state index contributed by atoms with van der Waals surface area (Å²) < 4.78 is 4.69. The van der Waals surface area contributed by atoms with Gasteiger partial charge in [-0.05, 0) is 11.8 Å². The Hall–Kier alpha value is -0.570. The van der Waals surface area contributed by atoms with Gasteiger partial charge in [0.05, 0.1) is 5.92 Å². The quantitative estimate of drug-likeness (QED) is 0.520. The van der Waals surface area contributed by atoms with Gasteiger partial charge in [-0.15, -0.1) is 0 Å². The fraction of sp³-hybridized carbons (Fsp3) is 0.889. The van der Waals surface area contributed by atoms with Gasteiger partial charge in [0, 0.05) is 0 Å². The second kappa shape index (κ2) is 4.45. The average Bonchev–Trinajstić information content (AvgIpc) is 1.84. The molecule has 0 fully saturated rings. The molecule has 0 aliphatic rings. The van der Waals surface area contributed by atoms with Crippen LogP contribution in [0.2, 0.25) is 0 Å².